The molecule has 1 aromatic rings. The second kappa shape index (κ2) is 5.54. The number of aliphatic hydroxyl groups is 2. The van der Waals surface area contributed by atoms with Gasteiger partial charge in [0.15, 0.2) is 0 Å². The number of aliphatic hydroxyl groups excluding tert-OH is 2. The Hall–Kier alpha value is -1.06. The fraction of sp³-hybridized carbons (Fsp3) is 0.684. The zero-order chi connectivity index (χ0) is 16.9. The van der Waals surface area contributed by atoms with Crippen LogP contribution in [0.25, 0.3) is 0 Å². The molecule has 1 aliphatic heterocycles. The molecular formula is C19H30O3. The van der Waals surface area contributed by atoms with Gasteiger partial charge in [0, 0.05) is 11.5 Å². The molecular weight excluding hydrogens is 276 g/mol. The summed E-state index contributed by atoms with van der Waals surface area (Å²) in [6.07, 6.45) is -1.11. The van der Waals surface area contributed by atoms with Crippen LogP contribution in [0, 0.1) is 11.3 Å². The molecule has 0 bridgehead atoms. The molecule has 0 radical (unpaired) electrons. The van der Waals surface area contributed by atoms with Crippen LogP contribution in [0.2, 0.25) is 0 Å². The zero-order valence-corrected chi connectivity index (χ0v) is 14.8. The molecule has 2 N–H and O–H groups in total. The van der Waals surface area contributed by atoms with Crippen LogP contribution < -0.4 is 4.74 Å². The summed E-state index contributed by atoms with van der Waals surface area (Å²) in [5.41, 5.74) is 1.05. The minimum atomic E-state index is -0.605. The maximum atomic E-state index is 10.7. The molecule has 22 heavy (non-hydrogen) atoms. The van der Waals surface area contributed by atoms with Gasteiger partial charge < -0.3 is 14.9 Å². The van der Waals surface area contributed by atoms with Crippen LogP contribution in [0.1, 0.15) is 71.6 Å². The van der Waals surface area contributed by atoms with E-state index >= 15 is 0 Å². The molecule has 0 saturated carbocycles. The van der Waals surface area contributed by atoms with Gasteiger partial charge in [-0.25, -0.2) is 0 Å². The van der Waals surface area contributed by atoms with Crippen LogP contribution in [0.4, 0.5) is 0 Å². The van der Waals surface area contributed by atoms with Crippen LogP contribution in [-0.2, 0) is 0 Å². The minimum Gasteiger partial charge on any atom is -0.485 e. The number of fused-ring (bicyclic) bond motifs is 1. The van der Waals surface area contributed by atoms with E-state index in [1.54, 1.807) is 0 Å². The first kappa shape index (κ1) is 17.3. The number of ether oxygens (including phenoxy) is 1. The molecule has 2 rings (SSSR count). The van der Waals surface area contributed by atoms with Gasteiger partial charge in [-0.15, -0.1) is 0 Å². The Morgan fingerprint density at radius 3 is 2.27 bits per heavy atom. The normalized spacial score (nSPS) is 25.5. The fourth-order valence-electron chi connectivity index (χ4n) is 3.26. The molecule has 124 valence electrons. The predicted molar refractivity (Wildman–Crippen MR) is 89.1 cm³/mol. The Bertz CT molecular complexity index is 540. The molecule has 1 aromatic carbocycles. The maximum Gasteiger partial charge on any atom is 0.130 e. The first-order chi connectivity index (χ1) is 9.95. The van der Waals surface area contributed by atoms with E-state index in [-0.39, 0.29) is 11.3 Å². The second-order valence-electron chi connectivity index (χ2n) is 8.49. The molecule has 3 unspecified atom stereocenters. The Kier molecular flexibility index (Phi) is 4.35. The SMILES string of the molecule is CC(C)C1c2cc(C(O)C(C)(C)C)ccc2OC(C)(C)C1O. The van der Waals surface area contributed by atoms with Crippen molar-refractivity contribution in [1.82, 2.24) is 0 Å². The van der Waals surface area contributed by atoms with Crippen LogP contribution in [0.15, 0.2) is 18.2 Å². The quantitative estimate of drug-likeness (QED) is 0.867. The fourth-order valence-corrected chi connectivity index (χ4v) is 3.26. The monoisotopic (exact) mass is 306 g/mol. The molecule has 0 aromatic heterocycles. The summed E-state index contributed by atoms with van der Waals surface area (Å²) >= 11 is 0. The van der Waals surface area contributed by atoms with Gasteiger partial charge >= 0.3 is 0 Å². The van der Waals surface area contributed by atoms with Crippen LogP contribution >= 0.6 is 0 Å². The molecule has 0 amide bonds. The smallest absolute Gasteiger partial charge is 0.130 e. The van der Waals surface area contributed by atoms with Gasteiger partial charge in [-0.2, -0.15) is 0 Å². The molecule has 0 spiro atoms. The zero-order valence-electron chi connectivity index (χ0n) is 14.8. The molecule has 3 nitrogen and oxygen atoms in total. The first-order valence-corrected chi connectivity index (χ1v) is 8.14. The third-order valence-corrected chi connectivity index (χ3v) is 4.67. The summed E-state index contributed by atoms with van der Waals surface area (Å²) in [7, 11) is 0. The van der Waals surface area contributed by atoms with Gasteiger partial charge in [0.05, 0.1) is 6.10 Å². The average Bonchev–Trinajstić information content (AvgIpc) is 2.37. The van der Waals surface area contributed by atoms with Crippen molar-refractivity contribution in [2.24, 2.45) is 11.3 Å². The van der Waals surface area contributed by atoms with E-state index < -0.39 is 17.8 Å². The Labute approximate surface area is 134 Å². The Morgan fingerprint density at radius 1 is 1.18 bits per heavy atom. The molecule has 0 aliphatic carbocycles. The van der Waals surface area contributed by atoms with Crippen molar-refractivity contribution in [3.8, 4) is 5.75 Å². The van der Waals surface area contributed by atoms with Crippen molar-refractivity contribution in [1.29, 1.82) is 0 Å². The predicted octanol–water partition coefficient (Wildman–Crippen LogP) is 4.04. The largest absolute Gasteiger partial charge is 0.485 e. The highest BCUT2D eigenvalue weighted by Crippen LogP contribution is 2.46. The molecule has 1 aliphatic rings. The lowest BCUT2D eigenvalue weighted by molar-refractivity contribution is -0.0665. The van der Waals surface area contributed by atoms with E-state index in [4.69, 9.17) is 4.74 Å². The van der Waals surface area contributed by atoms with Crippen molar-refractivity contribution in [3.05, 3.63) is 29.3 Å². The minimum absolute atomic E-state index is 0.00543. The number of rotatable bonds is 2. The van der Waals surface area contributed by atoms with Crippen molar-refractivity contribution in [2.45, 2.75) is 72.2 Å². The van der Waals surface area contributed by atoms with Crippen LogP contribution in [-0.4, -0.2) is 21.9 Å². The van der Waals surface area contributed by atoms with Crippen molar-refractivity contribution >= 4 is 0 Å². The van der Waals surface area contributed by atoms with E-state index in [9.17, 15) is 10.2 Å². The van der Waals surface area contributed by atoms with Gasteiger partial charge in [0.25, 0.3) is 0 Å². The molecule has 1 heterocycles. The van der Waals surface area contributed by atoms with Gasteiger partial charge in [-0.05, 0) is 42.9 Å². The van der Waals surface area contributed by atoms with E-state index in [0.29, 0.717) is 5.92 Å². The van der Waals surface area contributed by atoms with E-state index in [1.165, 1.54) is 0 Å². The topological polar surface area (TPSA) is 49.7 Å². The lowest BCUT2D eigenvalue weighted by atomic mass is 9.74. The van der Waals surface area contributed by atoms with Crippen molar-refractivity contribution < 1.29 is 14.9 Å². The number of hydrogen-bond donors (Lipinski definition) is 2. The van der Waals surface area contributed by atoms with Crippen LogP contribution in [0.5, 0.6) is 5.75 Å². The van der Waals surface area contributed by atoms with Gasteiger partial charge in [0.2, 0.25) is 0 Å². The van der Waals surface area contributed by atoms with Gasteiger partial charge in [-0.1, -0.05) is 40.7 Å². The Balaban J connectivity index is 2.52. The van der Waals surface area contributed by atoms with E-state index in [1.807, 2.05) is 52.8 Å². The number of benzene rings is 1. The number of hydrogen-bond acceptors (Lipinski definition) is 3. The third-order valence-electron chi connectivity index (χ3n) is 4.67. The summed E-state index contributed by atoms with van der Waals surface area (Å²) in [5, 5.41) is 21.3. The standard InChI is InChI=1S/C19H30O3/c1-11(2)15-13-10-12(16(20)18(3,4)5)8-9-14(13)22-19(6,7)17(15)21/h8-11,15-17,20-21H,1-7H3. The van der Waals surface area contributed by atoms with Crippen LogP contribution in [0.3, 0.4) is 0 Å². The third kappa shape index (κ3) is 3.02. The highest BCUT2D eigenvalue weighted by molar-refractivity contribution is 5.44. The lowest BCUT2D eigenvalue weighted by Crippen LogP contribution is -2.50. The molecule has 3 heteroatoms. The average molecular weight is 306 g/mol. The van der Waals surface area contributed by atoms with Gasteiger partial charge in [0.1, 0.15) is 17.5 Å². The summed E-state index contributed by atoms with van der Waals surface area (Å²) < 4.78 is 6.00. The highest BCUT2D eigenvalue weighted by atomic mass is 16.5. The molecule has 3 atom stereocenters. The maximum absolute atomic E-state index is 10.7. The summed E-state index contributed by atoms with van der Waals surface area (Å²) in [5.74, 6) is 1.11. The van der Waals surface area contributed by atoms with E-state index in [2.05, 4.69) is 13.8 Å². The lowest BCUT2D eigenvalue weighted by Gasteiger charge is -2.44. The molecule has 0 fully saturated rings. The van der Waals surface area contributed by atoms with E-state index in [0.717, 1.165) is 16.9 Å². The highest BCUT2D eigenvalue weighted by Gasteiger charge is 2.44. The Morgan fingerprint density at radius 2 is 1.77 bits per heavy atom. The van der Waals surface area contributed by atoms with Crippen molar-refractivity contribution in [3.63, 3.8) is 0 Å². The molecule has 0 saturated heterocycles. The van der Waals surface area contributed by atoms with Gasteiger partial charge in [-0.3, -0.25) is 0 Å². The van der Waals surface area contributed by atoms with Crippen molar-refractivity contribution in [2.75, 3.05) is 0 Å². The second-order valence-corrected chi connectivity index (χ2v) is 8.49. The summed E-state index contributed by atoms with van der Waals surface area (Å²) in [6, 6.07) is 5.87. The first-order valence-electron chi connectivity index (χ1n) is 8.14. The summed E-state index contributed by atoms with van der Waals surface area (Å²) in [6.45, 7) is 14.1. The summed E-state index contributed by atoms with van der Waals surface area (Å²) in [4.78, 5) is 0.